The zero-order valence-corrected chi connectivity index (χ0v) is 20.2. The van der Waals surface area contributed by atoms with E-state index in [1.807, 2.05) is 30.3 Å². The van der Waals surface area contributed by atoms with Gasteiger partial charge in [-0.2, -0.15) is 0 Å². The summed E-state index contributed by atoms with van der Waals surface area (Å²) >= 11 is 8.91. The second kappa shape index (κ2) is 12.4. The molecule has 166 valence electrons. The van der Waals surface area contributed by atoms with Crippen molar-refractivity contribution in [3.05, 3.63) is 64.1 Å². The predicted octanol–water partition coefficient (Wildman–Crippen LogP) is 3.92. The molecule has 0 aliphatic rings. The Balaban J connectivity index is 2.02. The summed E-state index contributed by atoms with van der Waals surface area (Å²) in [5.41, 5.74) is 6.89. The molecule has 3 N–H and O–H groups in total. The Morgan fingerprint density at radius 2 is 1.87 bits per heavy atom. The monoisotopic (exact) mass is 505 g/mol. The molecule has 0 spiro atoms. The van der Waals surface area contributed by atoms with Crippen LogP contribution >= 0.6 is 28.1 Å². The molecule has 0 unspecified atom stereocenters. The Labute approximate surface area is 197 Å². The molecule has 0 bridgehead atoms. The van der Waals surface area contributed by atoms with Crippen LogP contribution < -0.4 is 15.8 Å². The lowest BCUT2D eigenvalue weighted by Gasteiger charge is -2.25. The molecule has 8 heteroatoms. The second-order valence-corrected chi connectivity index (χ2v) is 8.79. The average Bonchev–Trinajstić information content (AvgIpc) is 2.73. The molecule has 0 saturated carbocycles. The van der Waals surface area contributed by atoms with Crippen LogP contribution in [0, 0.1) is 5.92 Å². The highest BCUT2D eigenvalue weighted by Gasteiger charge is 2.16. The first-order chi connectivity index (χ1) is 14.8. The Morgan fingerprint density at radius 3 is 2.48 bits per heavy atom. The van der Waals surface area contributed by atoms with Gasteiger partial charge in [-0.1, -0.05) is 44.2 Å². The van der Waals surface area contributed by atoms with Gasteiger partial charge in [-0.15, -0.1) is 0 Å². The molecule has 6 nitrogen and oxygen atoms in total. The van der Waals surface area contributed by atoms with E-state index in [0.717, 1.165) is 12.0 Å². The summed E-state index contributed by atoms with van der Waals surface area (Å²) in [5.74, 6) is 0.331. The van der Waals surface area contributed by atoms with Crippen molar-refractivity contribution in [3.63, 3.8) is 0 Å². The lowest BCUT2D eigenvalue weighted by Crippen LogP contribution is -2.44. The third kappa shape index (κ3) is 8.67. The van der Waals surface area contributed by atoms with Crippen LogP contribution in [0.5, 0.6) is 5.75 Å². The first kappa shape index (κ1) is 24.8. The smallest absolute Gasteiger partial charge is 0.257 e. The van der Waals surface area contributed by atoms with Crippen molar-refractivity contribution in [3.8, 4) is 5.75 Å². The minimum atomic E-state index is -0.417. The van der Waals surface area contributed by atoms with Crippen molar-refractivity contribution >= 4 is 45.1 Å². The van der Waals surface area contributed by atoms with E-state index in [4.69, 9.17) is 22.7 Å². The molecule has 0 heterocycles. The Bertz CT molecular complexity index is 906. The van der Waals surface area contributed by atoms with Crippen LogP contribution in [0.3, 0.4) is 0 Å². The van der Waals surface area contributed by atoms with Crippen LogP contribution in [0.15, 0.2) is 53.0 Å². The summed E-state index contributed by atoms with van der Waals surface area (Å²) in [6.07, 6.45) is 0.876. The SMILES string of the molecule is CC(C)COc1ccc(C(=O)NC(=S)N(CCC(N)=O)CCc2ccccc2)cc1Br. The molecule has 31 heavy (non-hydrogen) atoms. The maximum Gasteiger partial charge on any atom is 0.257 e. The fourth-order valence-corrected chi connectivity index (χ4v) is 3.50. The van der Waals surface area contributed by atoms with Gasteiger partial charge in [-0.25, -0.2) is 0 Å². The second-order valence-electron chi connectivity index (χ2n) is 7.55. The normalized spacial score (nSPS) is 10.6. The zero-order chi connectivity index (χ0) is 22.8. The Kier molecular flexibility index (Phi) is 9.94. The third-order valence-electron chi connectivity index (χ3n) is 4.42. The van der Waals surface area contributed by atoms with Gasteiger partial charge >= 0.3 is 0 Å². The number of hydrogen-bond donors (Lipinski definition) is 2. The summed E-state index contributed by atoms with van der Waals surface area (Å²) in [5, 5.41) is 3.02. The number of primary amides is 1. The molecule has 0 aromatic heterocycles. The average molecular weight is 506 g/mol. The maximum atomic E-state index is 12.7. The molecule has 2 aromatic rings. The largest absolute Gasteiger partial charge is 0.492 e. The van der Waals surface area contributed by atoms with E-state index in [2.05, 4.69) is 35.1 Å². The number of nitrogens with zero attached hydrogens (tertiary/aromatic N) is 1. The van der Waals surface area contributed by atoms with Gasteiger partial charge in [0.05, 0.1) is 11.1 Å². The number of nitrogens with two attached hydrogens (primary N) is 1. The Hall–Kier alpha value is -2.45. The number of ether oxygens (including phenoxy) is 1. The van der Waals surface area contributed by atoms with Crippen molar-refractivity contribution in [1.29, 1.82) is 0 Å². The lowest BCUT2D eigenvalue weighted by atomic mass is 10.1. The topological polar surface area (TPSA) is 84.7 Å². The first-order valence-electron chi connectivity index (χ1n) is 10.1. The molecule has 2 amide bonds. The van der Waals surface area contributed by atoms with Gasteiger partial charge in [0.25, 0.3) is 5.91 Å². The number of rotatable bonds is 10. The Morgan fingerprint density at radius 1 is 1.16 bits per heavy atom. The van der Waals surface area contributed by atoms with E-state index < -0.39 is 5.91 Å². The van der Waals surface area contributed by atoms with Gasteiger partial charge in [0.1, 0.15) is 5.75 Å². The van der Waals surface area contributed by atoms with Crippen molar-refractivity contribution in [1.82, 2.24) is 10.2 Å². The highest BCUT2D eigenvalue weighted by molar-refractivity contribution is 9.10. The van der Waals surface area contributed by atoms with E-state index in [-0.39, 0.29) is 17.4 Å². The molecule has 0 fully saturated rings. The molecule has 0 saturated heterocycles. The summed E-state index contributed by atoms with van der Waals surface area (Å²) in [6.45, 7) is 5.62. The van der Waals surface area contributed by atoms with E-state index >= 15 is 0 Å². The van der Waals surface area contributed by atoms with E-state index in [9.17, 15) is 9.59 Å². The summed E-state index contributed by atoms with van der Waals surface area (Å²) < 4.78 is 6.42. The lowest BCUT2D eigenvalue weighted by molar-refractivity contribution is -0.118. The number of thiocarbonyl (C=S) groups is 1. The molecule has 0 atom stereocenters. The van der Waals surface area contributed by atoms with Gasteiger partial charge in [0, 0.05) is 25.1 Å². The fourth-order valence-electron chi connectivity index (χ4n) is 2.73. The molecule has 0 aliphatic carbocycles. The van der Waals surface area contributed by atoms with Crippen LogP contribution in [-0.2, 0) is 11.2 Å². The minimum absolute atomic E-state index is 0.151. The van der Waals surface area contributed by atoms with Crippen molar-refractivity contribution in [2.75, 3.05) is 19.7 Å². The standard InChI is InChI=1S/C23H28BrN3O3S/c1-16(2)15-30-20-9-8-18(14-19(20)24)22(29)26-23(31)27(13-11-21(25)28)12-10-17-6-4-3-5-7-17/h3-9,14,16H,10-13,15H2,1-2H3,(H2,25,28)(H,26,29,31). The maximum absolute atomic E-state index is 12.7. The van der Waals surface area contributed by atoms with E-state index in [1.165, 1.54) is 0 Å². The highest BCUT2D eigenvalue weighted by atomic mass is 79.9. The summed E-state index contributed by atoms with van der Waals surface area (Å²) in [6, 6.07) is 15.1. The van der Waals surface area contributed by atoms with Crippen molar-refractivity contribution in [2.24, 2.45) is 11.7 Å². The first-order valence-corrected chi connectivity index (χ1v) is 11.3. The molecule has 2 rings (SSSR count). The van der Waals surface area contributed by atoms with Crippen LogP contribution in [0.2, 0.25) is 0 Å². The number of nitrogens with one attached hydrogen (secondary N) is 1. The van der Waals surface area contributed by atoms with Crippen LogP contribution in [0.4, 0.5) is 0 Å². The minimum Gasteiger partial charge on any atom is -0.492 e. The van der Waals surface area contributed by atoms with Gasteiger partial charge in [-0.05, 0) is 64.2 Å². The number of benzene rings is 2. The third-order valence-corrected chi connectivity index (χ3v) is 5.40. The van der Waals surface area contributed by atoms with Gasteiger partial charge in [0.15, 0.2) is 5.11 Å². The quantitative estimate of drug-likeness (QED) is 0.478. The number of carbonyl (C=O) groups excluding carboxylic acids is 2. The molecular formula is C23H28BrN3O3S. The number of halogens is 1. The van der Waals surface area contributed by atoms with Gasteiger partial charge in [0.2, 0.25) is 5.91 Å². The van der Waals surface area contributed by atoms with Crippen LogP contribution in [0.25, 0.3) is 0 Å². The molecule has 2 aromatic carbocycles. The number of carbonyl (C=O) groups is 2. The summed E-state index contributed by atoms with van der Waals surface area (Å²) in [7, 11) is 0. The summed E-state index contributed by atoms with van der Waals surface area (Å²) in [4.78, 5) is 25.8. The molecule has 0 aliphatic heterocycles. The van der Waals surface area contributed by atoms with E-state index in [0.29, 0.717) is 41.4 Å². The van der Waals surface area contributed by atoms with Gasteiger partial charge < -0.3 is 15.4 Å². The highest BCUT2D eigenvalue weighted by Crippen LogP contribution is 2.26. The molecular weight excluding hydrogens is 478 g/mol. The van der Waals surface area contributed by atoms with Gasteiger partial charge in [-0.3, -0.25) is 14.9 Å². The molecule has 0 radical (unpaired) electrons. The fraction of sp³-hybridized carbons (Fsp3) is 0.348. The van der Waals surface area contributed by atoms with E-state index in [1.54, 1.807) is 23.1 Å². The van der Waals surface area contributed by atoms with Crippen molar-refractivity contribution in [2.45, 2.75) is 26.7 Å². The number of hydrogen-bond acceptors (Lipinski definition) is 4. The predicted molar refractivity (Wildman–Crippen MR) is 130 cm³/mol. The number of amides is 2. The van der Waals surface area contributed by atoms with Crippen LogP contribution in [-0.4, -0.2) is 41.5 Å². The van der Waals surface area contributed by atoms with Crippen LogP contribution in [0.1, 0.15) is 36.2 Å². The zero-order valence-electron chi connectivity index (χ0n) is 17.8. The van der Waals surface area contributed by atoms with Crippen molar-refractivity contribution < 1.29 is 14.3 Å².